The van der Waals surface area contributed by atoms with Gasteiger partial charge < -0.3 is 14.8 Å². The predicted molar refractivity (Wildman–Crippen MR) is 130 cm³/mol. The fourth-order valence-corrected chi connectivity index (χ4v) is 4.71. The molecule has 0 saturated heterocycles. The minimum absolute atomic E-state index is 0.0155. The first-order valence-electron chi connectivity index (χ1n) is 10.2. The Kier molecular flexibility index (Phi) is 7.84. The molecule has 7 nitrogen and oxygen atoms in total. The summed E-state index contributed by atoms with van der Waals surface area (Å²) < 4.78 is 38.7. The van der Waals surface area contributed by atoms with Gasteiger partial charge >= 0.3 is 0 Å². The van der Waals surface area contributed by atoms with Crippen molar-refractivity contribution in [1.29, 1.82) is 0 Å². The van der Waals surface area contributed by atoms with Crippen LogP contribution in [0, 0.1) is 6.92 Å². The number of halogens is 1. The van der Waals surface area contributed by atoms with Crippen molar-refractivity contribution in [3.05, 3.63) is 77.3 Å². The van der Waals surface area contributed by atoms with Crippen LogP contribution >= 0.6 is 11.6 Å². The molecule has 174 valence electrons. The first-order valence-corrected chi connectivity index (χ1v) is 12.0. The van der Waals surface area contributed by atoms with E-state index < -0.39 is 22.5 Å². The highest BCUT2D eigenvalue weighted by atomic mass is 35.5. The van der Waals surface area contributed by atoms with Crippen molar-refractivity contribution in [2.75, 3.05) is 29.9 Å². The Morgan fingerprint density at radius 2 is 1.70 bits per heavy atom. The normalized spacial score (nSPS) is 11.0. The molecule has 0 radical (unpaired) electrons. The van der Waals surface area contributed by atoms with Gasteiger partial charge in [0.15, 0.2) is 0 Å². The van der Waals surface area contributed by atoms with E-state index in [2.05, 4.69) is 5.32 Å². The van der Waals surface area contributed by atoms with Gasteiger partial charge in [-0.3, -0.25) is 9.10 Å². The van der Waals surface area contributed by atoms with E-state index in [4.69, 9.17) is 21.1 Å². The molecule has 0 aromatic heterocycles. The van der Waals surface area contributed by atoms with Crippen molar-refractivity contribution < 1.29 is 22.7 Å². The molecule has 33 heavy (non-hydrogen) atoms. The fourth-order valence-electron chi connectivity index (χ4n) is 3.16. The summed E-state index contributed by atoms with van der Waals surface area (Å²) in [5.41, 5.74) is 1.70. The lowest BCUT2D eigenvalue weighted by Gasteiger charge is -2.24. The number of sulfonamides is 1. The third kappa shape index (κ3) is 5.97. The summed E-state index contributed by atoms with van der Waals surface area (Å²) in [7, 11) is -2.57. The lowest BCUT2D eigenvalue weighted by Crippen LogP contribution is -2.38. The SMILES string of the molecule is CCOc1ccc(N(CC(=O)Nc2cc(C)ccc2OC)S(=O)(=O)c2ccc(Cl)cc2)cc1. The summed E-state index contributed by atoms with van der Waals surface area (Å²) in [6.07, 6.45) is 0. The highest BCUT2D eigenvalue weighted by molar-refractivity contribution is 7.92. The number of ether oxygens (including phenoxy) is 2. The smallest absolute Gasteiger partial charge is 0.264 e. The van der Waals surface area contributed by atoms with Gasteiger partial charge in [-0.25, -0.2) is 8.42 Å². The number of hydrogen-bond donors (Lipinski definition) is 1. The van der Waals surface area contributed by atoms with Gasteiger partial charge in [0.2, 0.25) is 5.91 Å². The molecule has 1 amide bonds. The summed E-state index contributed by atoms with van der Waals surface area (Å²) in [6.45, 7) is 3.77. The third-order valence-corrected chi connectivity index (χ3v) is 6.79. The van der Waals surface area contributed by atoms with Crippen molar-refractivity contribution in [3.63, 3.8) is 0 Å². The second-order valence-corrected chi connectivity index (χ2v) is 9.44. The molecule has 1 N–H and O–H groups in total. The monoisotopic (exact) mass is 488 g/mol. The highest BCUT2D eigenvalue weighted by Gasteiger charge is 2.27. The van der Waals surface area contributed by atoms with E-state index in [1.807, 2.05) is 19.9 Å². The number of carbonyl (C=O) groups excluding carboxylic acids is 1. The van der Waals surface area contributed by atoms with Crippen molar-refractivity contribution in [2.45, 2.75) is 18.7 Å². The van der Waals surface area contributed by atoms with Crippen LogP contribution in [0.2, 0.25) is 5.02 Å². The van der Waals surface area contributed by atoms with Gasteiger partial charge in [0.1, 0.15) is 18.0 Å². The molecule has 0 aliphatic carbocycles. The quantitative estimate of drug-likeness (QED) is 0.463. The largest absolute Gasteiger partial charge is 0.495 e. The second-order valence-electron chi connectivity index (χ2n) is 7.14. The lowest BCUT2D eigenvalue weighted by molar-refractivity contribution is -0.114. The number of benzene rings is 3. The standard InChI is InChI=1S/C24H25ClN2O5S/c1-4-32-20-10-8-19(9-11-20)27(33(29,30)21-12-6-18(25)7-13-21)16-24(28)26-22-15-17(2)5-14-23(22)31-3/h5-15H,4,16H2,1-3H3,(H,26,28). The first kappa shape index (κ1) is 24.4. The number of hydrogen-bond acceptors (Lipinski definition) is 5. The van der Waals surface area contributed by atoms with Crippen LogP contribution in [-0.2, 0) is 14.8 Å². The van der Waals surface area contributed by atoms with E-state index >= 15 is 0 Å². The van der Waals surface area contributed by atoms with Crippen LogP contribution in [-0.4, -0.2) is 34.6 Å². The molecule has 0 aliphatic heterocycles. The van der Waals surface area contributed by atoms with Crippen LogP contribution in [0.25, 0.3) is 0 Å². The maximum Gasteiger partial charge on any atom is 0.264 e. The number of amides is 1. The Morgan fingerprint density at radius 3 is 2.30 bits per heavy atom. The summed E-state index contributed by atoms with van der Waals surface area (Å²) in [6, 6.07) is 17.6. The van der Waals surface area contributed by atoms with Crippen LogP contribution < -0.4 is 19.1 Å². The molecule has 9 heteroatoms. The molecule has 0 aliphatic rings. The molecule has 0 fully saturated rings. The molecule has 3 aromatic rings. The molecular formula is C24H25ClN2O5S. The summed E-state index contributed by atoms with van der Waals surface area (Å²) >= 11 is 5.92. The molecule has 0 saturated carbocycles. The number of nitrogens with zero attached hydrogens (tertiary/aromatic N) is 1. The molecule has 3 rings (SSSR count). The van der Waals surface area contributed by atoms with E-state index in [0.29, 0.717) is 34.5 Å². The molecule has 0 unspecified atom stereocenters. The Labute approximate surface area is 198 Å². The summed E-state index contributed by atoms with van der Waals surface area (Å²) in [5, 5.41) is 3.16. The second kappa shape index (κ2) is 10.6. The number of aryl methyl sites for hydroxylation is 1. The van der Waals surface area contributed by atoms with Gasteiger partial charge in [-0.2, -0.15) is 0 Å². The summed E-state index contributed by atoms with van der Waals surface area (Å²) in [4.78, 5) is 13.0. The average Bonchev–Trinajstić information content (AvgIpc) is 2.79. The van der Waals surface area contributed by atoms with E-state index in [9.17, 15) is 13.2 Å². The minimum atomic E-state index is -4.07. The Balaban J connectivity index is 1.95. The molecule has 0 bridgehead atoms. The Morgan fingerprint density at radius 1 is 1.03 bits per heavy atom. The first-order chi connectivity index (χ1) is 15.7. The zero-order valence-electron chi connectivity index (χ0n) is 18.5. The van der Waals surface area contributed by atoms with E-state index in [0.717, 1.165) is 9.87 Å². The molecule has 0 spiro atoms. The van der Waals surface area contributed by atoms with Crippen molar-refractivity contribution >= 4 is 38.9 Å². The average molecular weight is 489 g/mol. The van der Waals surface area contributed by atoms with Crippen molar-refractivity contribution in [1.82, 2.24) is 0 Å². The van der Waals surface area contributed by atoms with Gasteiger partial charge in [0, 0.05) is 5.02 Å². The Hall–Kier alpha value is -3.23. The van der Waals surface area contributed by atoms with Crippen LogP contribution in [0.3, 0.4) is 0 Å². The van der Waals surface area contributed by atoms with Crippen LogP contribution in [0.15, 0.2) is 71.6 Å². The summed E-state index contributed by atoms with van der Waals surface area (Å²) in [5.74, 6) is 0.548. The van der Waals surface area contributed by atoms with Crippen LogP contribution in [0.5, 0.6) is 11.5 Å². The molecule has 0 atom stereocenters. The maximum absolute atomic E-state index is 13.5. The Bertz CT molecular complexity index is 1210. The fraction of sp³-hybridized carbons (Fsp3) is 0.208. The predicted octanol–water partition coefficient (Wildman–Crippen LogP) is 4.89. The number of rotatable bonds is 9. The number of anilines is 2. The van der Waals surface area contributed by atoms with Crippen molar-refractivity contribution in [3.8, 4) is 11.5 Å². The molecular weight excluding hydrogens is 464 g/mol. The van der Waals surface area contributed by atoms with Crippen molar-refractivity contribution in [2.24, 2.45) is 0 Å². The topological polar surface area (TPSA) is 84.9 Å². The van der Waals surface area contributed by atoms with E-state index in [1.165, 1.54) is 31.4 Å². The lowest BCUT2D eigenvalue weighted by atomic mass is 10.2. The van der Waals surface area contributed by atoms with Crippen LogP contribution in [0.4, 0.5) is 11.4 Å². The van der Waals surface area contributed by atoms with E-state index in [-0.39, 0.29) is 4.90 Å². The number of methoxy groups -OCH3 is 1. The van der Waals surface area contributed by atoms with Gasteiger partial charge in [0.05, 0.1) is 30.0 Å². The number of nitrogens with one attached hydrogen (secondary N) is 1. The third-order valence-electron chi connectivity index (χ3n) is 4.75. The molecule has 0 heterocycles. The van der Waals surface area contributed by atoms with Crippen LogP contribution in [0.1, 0.15) is 12.5 Å². The highest BCUT2D eigenvalue weighted by Crippen LogP contribution is 2.28. The molecule has 3 aromatic carbocycles. The van der Waals surface area contributed by atoms with Gasteiger partial charge in [-0.05, 0) is 80.1 Å². The maximum atomic E-state index is 13.5. The van der Waals surface area contributed by atoms with Gasteiger partial charge in [-0.1, -0.05) is 17.7 Å². The van der Waals surface area contributed by atoms with Gasteiger partial charge in [-0.15, -0.1) is 0 Å². The number of carbonyl (C=O) groups is 1. The zero-order valence-corrected chi connectivity index (χ0v) is 20.1. The minimum Gasteiger partial charge on any atom is -0.495 e. The van der Waals surface area contributed by atoms with E-state index in [1.54, 1.807) is 36.4 Å². The van der Waals surface area contributed by atoms with Gasteiger partial charge in [0.25, 0.3) is 10.0 Å². The zero-order chi connectivity index (χ0) is 24.0.